The minimum absolute atomic E-state index is 0.116. The normalized spacial score (nSPS) is 22.7. The monoisotopic (exact) mass is 187 g/mol. The van der Waals surface area contributed by atoms with Crippen LogP contribution >= 0.6 is 0 Å². The van der Waals surface area contributed by atoms with Crippen molar-refractivity contribution in [2.24, 2.45) is 0 Å². The standard InChI is InChI=1S/C9H17NO3/c1-2-13-9(11)4-3-8-7-12-6-5-10-8/h8,10H,2-7H2,1H3. The molecule has 0 aliphatic carbocycles. The average Bonchev–Trinajstić information content (AvgIpc) is 2.17. The van der Waals surface area contributed by atoms with Crippen LogP contribution in [-0.2, 0) is 14.3 Å². The van der Waals surface area contributed by atoms with Gasteiger partial charge in [-0.25, -0.2) is 0 Å². The molecule has 0 radical (unpaired) electrons. The zero-order chi connectivity index (χ0) is 9.52. The Hall–Kier alpha value is -0.610. The lowest BCUT2D eigenvalue weighted by atomic mass is 10.1. The molecule has 1 fully saturated rings. The van der Waals surface area contributed by atoms with Crippen LogP contribution in [0.3, 0.4) is 0 Å². The summed E-state index contributed by atoms with van der Waals surface area (Å²) in [5.74, 6) is -0.116. The lowest BCUT2D eigenvalue weighted by molar-refractivity contribution is -0.143. The second kappa shape index (κ2) is 5.94. The number of nitrogens with one attached hydrogen (secondary N) is 1. The number of rotatable bonds is 4. The number of hydrogen-bond acceptors (Lipinski definition) is 4. The van der Waals surface area contributed by atoms with E-state index in [4.69, 9.17) is 9.47 Å². The van der Waals surface area contributed by atoms with Gasteiger partial charge in [-0.15, -0.1) is 0 Å². The van der Waals surface area contributed by atoms with Gasteiger partial charge in [0.15, 0.2) is 0 Å². The van der Waals surface area contributed by atoms with Crippen molar-refractivity contribution >= 4 is 5.97 Å². The highest BCUT2D eigenvalue weighted by molar-refractivity contribution is 5.69. The van der Waals surface area contributed by atoms with Gasteiger partial charge in [-0.2, -0.15) is 0 Å². The number of hydrogen-bond donors (Lipinski definition) is 1. The van der Waals surface area contributed by atoms with Crippen molar-refractivity contribution in [3.8, 4) is 0 Å². The summed E-state index contributed by atoms with van der Waals surface area (Å²) in [7, 11) is 0. The molecule has 4 nitrogen and oxygen atoms in total. The molecule has 76 valence electrons. The van der Waals surface area contributed by atoms with Crippen LogP contribution in [0.15, 0.2) is 0 Å². The first-order valence-electron chi connectivity index (χ1n) is 4.79. The van der Waals surface area contributed by atoms with Crippen molar-refractivity contribution in [2.45, 2.75) is 25.8 Å². The van der Waals surface area contributed by atoms with Crippen LogP contribution in [0.25, 0.3) is 0 Å². The van der Waals surface area contributed by atoms with E-state index in [-0.39, 0.29) is 5.97 Å². The summed E-state index contributed by atoms with van der Waals surface area (Å²) < 4.78 is 10.1. The lowest BCUT2D eigenvalue weighted by Crippen LogP contribution is -2.41. The third-order valence-electron chi connectivity index (χ3n) is 2.00. The SMILES string of the molecule is CCOC(=O)CCC1COCCN1. The lowest BCUT2D eigenvalue weighted by Gasteiger charge is -2.23. The third kappa shape index (κ3) is 4.24. The highest BCUT2D eigenvalue weighted by Gasteiger charge is 2.14. The first kappa shape index (κ1) is 10.5. The van der Waals surface area contributed by atoms with E-state index in [1.54, 1.807) is 0 Å². The number of carbonyl (C=O) groups excluding carboxylic acids is 1. The van der Waals surface area contributed by atoms with E-state index in [9.17, 15) is 4.79 Å². The van der Waals surface area contributed by atoms with E-state index in [2.05, 4.69) is 5.32 Å². The predicted octanol–water partition coefficient (Wildman–Crippen LogP) is 0.318. The average molecular weight is 187 g/mol. The van der Waals surface area contributed by atoms with Gasteiger partial charge in [-0.3, -0.25) is 4.79 Å². The van der Waals surface area contributed by atoms with Crippen LogP contribution in [0.4, 0.5) is 0 Å². The molecule has 0 amide bonds. The van der Waals surface area contributed by atoms with Crippen molar-refractivity contribution < 1.29 is 14.3 Å². The van der Waals surface area contributed by atoms with Gasteiger partial charge in [-0.05, 0) is 13.3 Å². The van der Waals surface area contributed by atoms with Crippen LogP contribution in [0.2, 0.25) is 0 Å². The summed E-state index contributed by atoms with van der Waals surface area (Å²) in [6.07, 6.45) is 1.29. The van der Waals surface area contributed by atoms with Crippen molar-refractivity contribution in [1.29, 1.82) is 0 Å². The molecule has 0 spiro atoms. The van der Waals surface area contributed by atoms with Crippen molar-refractivity contribution in [1.82, 2.24) is 5.32 Å². The summed E-state index contributed by atoms with van der Waals surface area (Å²) in [6, 6.07) is 0.318. The topological polar surface area (TPSA) is 47.6 Å². The van der Waals surface area contributed by atoms with E-state index in [1.165, 1.54) is 0 Å². The van der Waals surface area contributed by atoms with Crippen LogP contribution < -0.4 is 5.32 Å². The van der Waals surface area contributed by atoms with Gasteiger partial charge < -0.3 is 14.8 Å². The summed E-state index contributed by atoms with van der Waals surface area (Å²) in [5.41, 5.74) is 0. The maximum Gasteiger partial charge on any atom is 0.305 e. The fraction of sp³-hybridized carbons (Fsp3) is 0.889. The Morgan fingerprint density at radius 1 is 1.69 bits per heavy atom. The Labute approximate surface area is 78.6 Å². The highest BCUT2D eigenvalue weighted by atomic mass is 16.5. The van der Waals surface area contributed by atoms with Crippen LogP contribution in [0.5, 0.6) is 0 Å². The van der Waals surface area contributed by atoms with Gasteiger partial charge in [0, 0.05) is 19.0 Å². The van der Waals surface area contributed by atoms with Crippen molar-refractivity contribution in [2.75, 3.05) is 26.4 Å². The Kier molecular flexibility index (Phi) is 4.78. The minimum atomic E-state index is -0.116. The maximum absolute atomic E-state index is 11.0. The summed E-state index contributed by atoms with van der Waals surface area (Å²) >= 11 is 0. The molecule has 1 aliphatic heterocycles. The van der Waals surface area contributed by atoms with E-state index in [1.807, 2.05) is 6.92 Å². The predicted molar refractivity (Wildman–Crippen MR) is 48.5 cm³/mol. The molecule has 1 heterocycles. The molecule has 1 atom stereocenters. The smallest absolute Gasteiger partial charge is 0.305 e. The second-order valence-electron chi connectivity index (χ2n) is 3.07. The molecule has 1 rings (SSSR count). The third-order valence-corrected chi connectivity index (χ3v) is 2.00. The minimum Gasteiger partial charge on any atom is -0.466 e. The number of esters is 1. The fourth-order valence-electron chi connectivity index (χ4n) is 1.33. The van der Waals surface area contributed by atoms with Crippen molar-refractivity contribution in [3.63, 3.8) is 0 Å². The van der Waals surface area contributed by atoms with Gasteiger partial charge >= 0.3 is 5.97 Å². The first-order valence-corrected chi connectivity index (χ1v) is 4.79. The molecule has 0 bridgehead atoms. The molecule has 1 aliphatic rings. The molecule has 4 heteroatoms. The Morgan fingerprint density at radius 2 is 2.54 bits per heavy atom. The summed E-state index contributed by atoms with van der Waals surface area (Å²) in [4.78, 5) is 11.0. The molecule has 0 saturated carbocycles. The van der Waals surface area contributed by atoms with E-state index in [0.29, 0.717) is 25.7 Å². The Balaban J connectivity index is 2.06. The second-order valence-corrected chi connectivity index (χ2v) is 3.07. The Bertz CT molecular complexity index is 155. The van der Waals surface area contributed by atoms with E-state index in [0.717, 1.165) is 19.6 Å². The van der Waals surface area contributed by atoms with Gasteiger partial charge in [0.05, 0.1) is 19.8 Å². The highest BCUT2D eigenvalue weighted by Crippen LogP contribution is 2.02. The van der Waals surface area contributed by atoms with Crippen LogP contribution in [-0.4, -0.2) is 38.4 Å². The maximum atomic E-state index is 11.0. The molecule has 0 aromatic heterocycles. The van der Waals surface area contributed by atoms with Gasteiger partial charge in [0.2, 0.25) is 0 Å². The van der Waals surface area contributed by atoms with Gasteiger partial charge in [-0.1, -0.05) is 0 Å². The zero-order valence-corrected chi connectivity index (χ0v) is 8.04. The molecule has 0 aromatic rings. The van der Waals surface area contributed by atoms with Gasteiger partial charge in [0.1, 0.15) is 0 Å². The summed E-state index contributed by atoms with van der Waals surface area (Å²) in [6.45, 7) is 4.65. The molecule has 0 aromatic carbocycles. The molecule has 1 N–H and O–H groups in total. The van der Waals surface area contributed by atoms with Crippen LogP contribution in [0, 0.1) is 0 Å². The number of morpholine rings is 1. The zero-order valence-electron chi connectivity index (χ0n) is 8.04. The largest absolute Gasteiger partial charge is 0.466 e. The molecule has 1 unspecified atom stereocenters. The van der Waals surface area contributed by atoms with E-state index >= 15 is 0 Å². The Morgan fingerprint density at radius 3 is 3.15 bits per heavy atom. The molecule has 1 saturated heterocycles. The molecular weight excluding hydrogens is 170 g/mol. The number of carbonyl (C=O) groups is 1. The van der Waals surface area contributed by atoms with E-state index < -0.39 is 0 Å². The van der Waals surface area contributed by atoms with Crippen molar-refractivity contribution in [3.05, 3.63) is 0 Å². The van der Waals surface area contributed by atoms with Gasteiger partial charge in [0.25, 0.3) is 0 Å². The fourth-order valence-corrected chi connectivity index (χ4v) is 1.33. The molecular formula is C9H17NO3. The molecule has 13 heavy (non-hydrogen) atoms. The first-order chi connectivity index (χ1) is 6.33. The number of ether oxygens (including phenoxy) is 2. The van der Waals surface area contributed by atoms with Crippen LogP contribution in [0.1, 0.15) is 19.8 Å². The summed E-state index contributed by atoms with van der Waals surface area (Å²) in [5, 5.41) is 3.28. The quantitative estimate of drug-likeness (QED) is 0.644.